The molecule has 0 heterocycles. The Morgan fingerprint density at radius 3 is 2.33 bits per heavy atom. The van der Waals surface area contributed by atoms with Crippen molar-refractivity contribution in [2.24, 2.45) is 0 Å². The molecule has 2 aromatic rings. The predicted octanol–water partition coefficient (Wildman–Crippen LogP) is 4.01. The minimum absolute atomic E-state index is 0.00452. The average molecular weight is 348 g/mol. The van der Waals surface area contributed by atoms with Crippen LogP contribution in [0.4, 0.5) is 0 Å². The van der Waals surface area contributed by atoms with E-state index in [1.807, 2.05) is 61.5 Å². The Morgan fingerprint density at radius 1 is 1.10 bits per heavy atom. The quantitative estimate of drug-likeness (QED) is 0.830. The summed E-state index contributed by atoms with van der Waals surface area (Å²) in [5, 5.41) is 3.34. The van der Waals surface area contributed by atoms with E-state index in [2.05, 4.69) is 21.2 Å². The van der Waals surface area contributed by atoms with Crippen LogP contribution < -0.4 is 5.32 Å². The predicted molar refractivity (Wildman–Crippen MR) is 86.9 cm³/mol. The summed E-state index contributed by atoms with van der Waals surface area (Å²) in [5.74, 6) is -0.292. The van der Waals surface area contributed by atoms with Crippen LogP contribution in [0.15, 0.2) is 59.1 Å². The normalized spacial score (nSPS) is 13.5. The molecule has 1 N–H and O–H groups in total. The fourth-order valence-corrected chi connectivity index (χ4v) is 2.86. The van der Waals surface area contributed by atoms with Crippen LogP contribution in [-0.4, -0.2) is 13.1 Å². The molecule has 2 rings (SSSR count). The topological polar surface area (TPSA) is 38.3 Å². The fourth-order valence-electron chi connectivity index (χ4n) is 2.23. The molecule has 0 aromatic heterocycles. The molecule has 110 valence electrons. The summed E-state index contributed by atoms with van der Waals surface area (Å²) in [6.07, 6.45) is 0. The molecule has 0 bridgehead atoms. The van der Waals surface area contributed by atoms with Crippen LogP contribution in [0, 0.1) is 0 Å². The van der Waals surface area contributed by atoms with Crippen molar-refractivity contribution in [2.45, 2.75) is 19.0 Å². The van der Waals surface area contributed by atoms with Gasteiger partial charge in [0.05, 0.1) is 7.11 Å². The summed E-state index contributed by atoms with van der Waals surface area (Å²) in [5.41, 5.74) is 1.99. The monoisotopic (exact) mass is 347 g/mol. The minimum atomic E-state index is -0.488. The van der Waals surface area contributed by atoms with Gasteiger partial charge in [-0.1, -0.05) is 64.5 Å². The van der Waals surface area contributed by atoms with Gasteiger partial charge in [0.2, 0.25) is 0 Å². The number of halogens is 1. The van der Waals surface area contributed by atoms with Crippen molar-refractivity contribution in [1.82, 2.24) is 5.32 Å². The first-order valence-electron chi connectivity index (χ1n) is 6.76. The van der Waals surface area contributed by atoms with E-state index in [-0.39, 0.29) is 12.0 Å². The Morgan fingerprint density at radius 2 is 1.71 bits per heavy atom. The summed E-state index contributed by atoms with van der Waals surface area (Å²) in [4.78, 5) is 12.1. The molecule has 0 aliphatic carbocycles. The van der Waals surface area contributed by atoms with E-state index in [1.165, 1.54) is 7.11 Å². The lowest BCUT2D eigenvalue weighted by Crippen LogP contribution is -2.31. The molecule has 0 amide bonds. The van der Waals surface area contributed by atoms with E-state index in [1.54, 1.807) is 0 Å². The van der Waals surface area contributed by atoms with Gasteiger partial charge in [0, 0.05) is 10.5 Å². The largest absolute Gasteiger partial charge is 0.468 e. The Labute approximate surface area is 133 Å². The van der Waals surface area contributed by atoms with Gasteiger partial charge in [-0.25, -0.2) is 4.79 Å². The fraction of sp³-hybridized carbons (Fsp3) is 0.235. The van der Waals surface area contributed by atoms with E-state index < -0.39 is 6.04 Å². The minimum Gasteiger partial charge on any atom is -0.468 e. The number of hydrogen-bond donors (Lipinski definition) is 1. The van der Waals surface area contributed by atoms with Crippen LogP contribution in [0.3, 0.4) is 0 Å². The Kier molecular flexibility index (Phi) is 5.53. The SMILES string of the molecule is COC(=O)C(NC(C)c1ccccc1Br)c1ccccc1. The molecule has 0 aliphatic rings. The lowest BCUT2D eigenvalue weighted by atomic mass is 10.0. The number of esters is 1. The summed E-state index contributed by atoms with van der Waals surface area (Å²) in [7, 11) is 1.41. The van der Waals surface area contributed by atoms with E-state index in [4.69, 9.17) is 4.74 Å². The van der Waals surface area contributed by atoms with Crippen molar-refractivity contribution in [2.75, 3.05) is 7.11 Å². The van der Waals surface area contributed by atoms with Gasteiger partial charge in [-0.05, 0) is 24.1 Å². The van der Waals surface area contributed by atoms with Crippen molar-refractivity contribution in [3.63, 3.8) is 0 Å². The third-order valence-electron chi connectivity index (χ3n) is 3.36. The Bertz CT molecular complexity index is 601. The maximum Gasteiger partial charge on any atom is 0.327 e. The number of carbonyl (C=O) groups is 1. The van der Waals surface area contributed by atoms with Gasteiger partial charge in [-0.15, -0.1) is 0 Å². The van der Waals surface area contributed by atoms with Gasteiger partial charge in [0.25, 0.3) is 0 Å². The summed E-state index contributed by atoms with van der Waals surface area (Å²) in [6.45, 7) is 2.03. The Balaban J connectivity index is 2.24. The molecular weight excluding hydrogens is 330 g/mol. The molecule has 0 fully saturated rings. The number of methoxy groups -OCH3 is 1. The van der Waals surface area contributed by atoms with E-state index in [9.17, 15) is 4.79 Å². The highest BCUT2D eigenvalue weighted by Gasteiger charge is 2.24. The number of carbonyl (C=O) groups excluding carboxylic acids is 1. The number of hydrogen-bond acceptors (Lipinski definition) is 3. The van der Waals surface area contributed by atoms with Crippen LogP contribution in [0.5, 0.6) is 0 Å². The second kappa shape index (κ2) is 7.38. The highest BCUT2D eigenvalue weighted by Crippen LogP contribution is 2.26. The first kappa shape index (κ1) is 15.7. The molecule has 0 saturated heterocycles. The number of ether oxygens (including phenoxy) is 1. The molecule has 4 heteroatoms. The molecule has 2 aromatic carbocycles. The summed E-state index contributed by atoms with van der Waals surface area (Å²) in [6, 6.07) is 17.1. The van der Waals surface area contributed by atoms with Crippen LogP contribution in [-0.2, 0) is 9.53 Å². The van der Waals surface area contributed by atoms with E-state index in [0.717, 1.165) is 15.6 Å². The summed E-state index contributed by atoms with van der Waals surface area (Å²) < 4.78 is 5.94. The maximum atomic E-state index is 12.1. The second-order valence-electron chi connectivity index (χ2n) is 4.78. The zero-order valence-corrected chi connectivity index (χ0v) is 13.6. The highest BCUT2D eigenvalue weighted by atomic mass is 79.9. The zero-order chi connectivity index (χ0) is 15.2. The second-order valence-corrected chi connectivity index (χ2v) is 5.63. The maximum absolute atomic E-state index is 12.1. The first-order chi connectivity index (χ1) is 10.1. The standard InChI is InChI=1S/C17H18BrNO2/c1-12(14-10-6-7-11-15(14)18)19-16(17(20)21-2)13-8-4-3-5-9-13/h3-12,16,19H,1-2H3. The van der Waals surface area contributed by atoms with Gasteiger partial charge in [-0.3, -0.25) is 5.32 Å². The average Bonchev–Trinajstić information content (AvgIpc) is 2.53. The van der Waals surface area contributed by atoms with Crippen LogP contribution in [0.2, 0.25) is 0 Å². The Hall–Kier alpha value is -1.65. The van der Waals surface area contributed by atoms with Crippen molar-refractivity contribution in [3.05, 3.63) is 70.2 Å². The van der Waals surface area contributed by atoms with Crippen LogP contribution >= 0.6 is 15.9 Å². The van der Waals surface area contributed by atoms with Gasteiger partial charge in [0.15, 0.2) is 0 Å². The van der Waals surface area contributed by atoms with Crippen molar-refractivity contribution < 1.29 is 9.53 Å². The molecule has 21 heavy (non-hydrogen) atoms. The van der Waals surface area contributed by atoms with E-state index >= 15 is 0 Å². The third kappa shape index (κ3) is 3.93. The molecule has 2 atom stereocenters. The first-order valence-corrected chi connectivity index (χ1v) is 7.56. The molecular formula is C17H18BrNO2. The summed E-state index contributed by atoms with van der Waals surface area (Å²) >= 11 is 3.54. The molecule has 0 radical (unpaired) electrons. The van der Waals surface area contributed by atoms with Crippen molar-refractivity contribution in [3.8, 4) is 0 Å². The highest BCUT2D eigenvalue weighted by molar-refractivity contribution is 9.10. The molecule has 0 spiro atoms. The number of benzene rings is 2. The van der Waals surface area contributed by atoms with Gasteiger partial charge in [-0.2, -0.15) is 0 Å². The van der Waals surface area contributed by atoms with E-state index in [0.29, 0.717) is 0 Å². The van der Waals surface area contributed by atoms with Gasteiger partial charge < -0.3 is 4.74 Å². The number of rotatable bonds is 5. The lowest BCUT2D eigenvalue weighted by molar-refractivity contribution is -0.143. The number of nitrogens with one attached hydrogen (secondary N) is 1. The van der Waals surface area contributed by atoms with Crippen molar-refractivity contribution in [1.29, 1.82) is 0 Å². The van der Waals surface area contributed by atoms with Crippen molar-refractivity contribution >= 4 is 21.9 Å². The molecule has 0 aliphatic heterocycles. The van der Waals surface area contributed by atoms with Crippen LogP contribution in [0.25, 0.3) is 0 Å². The third-order valence-corrected chi connectivity index (χ3v) is 4.08. The molecule has 2 unspecified atom stereocenters. The van der Waals surface area contributed by atoms with Gasteiger partial charge in [0.1, 0.15) is 6.04 Å². The molecule has 3 nitrogen and oxygen atoms in total. The van der Waals surface area contributed by atoms with Crippen LogP contribution in [0.1, 0.15) is 30.1 Å². The van der Waals surface area contributed by atoms with Gasteiger partial charge >= 0.3 is 5.97 Å². The smallest absolute Gasteiger partial charge is 0.327 e. The lowest BCUT2D eigenvalue weighted by Gasteiger charge is -2.23. The molecule has 0 saturated carbocycles. The zero-order valence-electron chi connectivity index (χ0n) is 12.0.